The predicted molar refractivity (Wildman–Crippen MR) is 267 cm³/mol. The number of unbranched alkanes of at least 4 members (excludes halogenated alkanes) is 2. The molecule has 0 bridgehead atoms. The van der Waals surface area contributed by atoms with E-state index in [9.17, 15) is 14.6 Å². The number of benzene rings is 4. The molecule has 7 atom stereocenters. The lowest BCUT2D eigenvalue weighted by Crippen LogP contribution is -2.70. The molecular weight excluding hydrogens is 912 g/mol. The molecule has 12 nitrogen and oxygen atoms in total. The largest absolute Gasteiger partial charge is 0.459 e. The molecule has 2 N–H and O–H groups in total. The maximum absolute atomic E-state index is 15.0. The number of rotatable bonds is 24. The van der Waals surface area contributed by atoms with E-state index >= 15 is 4.79 Å². The zero-order valence-corrected chi connectivity index (χ0v) is 40.9. The number of amides is 1. The number of ether oxygens (including phenoxy) is 6. The number of carbonyl (C=O) groups excluding carboxylic acids is 1. The summed E-state index contributed by atoms with van der Waals surface area (Å²) in [7, 11) is 0. The van der Waals surface area contributed by atoms with Crippen LogP contribution in [0.1, 0.15) is 86.8 Å². The van der Waals surface area contributed by atoms with Crippen LogP contribution >= 0.6 is 11.8 Å². The number of hydrogen-bond acceptors (Lipinski definition) is 12. The highest BCUT2D eigenvalue weighted by Gasteiger charge is 2.66. The van der Waals surface area contributed by atoms with E-state index in [2.05, 4.69) is 18.7 Å². The van der Waals surface area contributed by atoms with Crippen LogP contribution in [0, 0.1) is 23.6 Å². The monoisotopic (exact) mass is 978 g/mol. The first kappa shape index (κ1) is 51.1. The van der Waals surface area contributed by atoms with Gasteiger partial charge in [0.1, 0.15) is 35.7 Å². The van der Waals surface area contributed by atoms with E-state index in [1.807, 2.05) is 73.0 Å². The third-order valence-electron chi connectivity index (χ3n) is 13.8. The molecule has 2 aliphatic carbocycles. The van der Waals surface area contributed by atoms with Crippen LogP contribution in [0.3, 0.4) is 0 Å². The first-order chi connectivity index (χ1) is 34.3. The second-order valence-corrected chi connectivity index (χ2v) is 19.2. The highest BCUT2D eigenvalue weighted by atomic mass is 32.2. The van der Waals surface area contributed by atoms with Gasteiger partial charge in [-0.2, -0.15) is 0 Å². The number of hydrogen-bond donors (Lipinski definition) is 2. The number of fused-ring (bicyclic) bond motifs is 2. The van der Waals surface area contributed by atoms with Gasteiger partial charge in [-0.3, -0.25) is 4.90 Å². The van der Waals surface area contributed by atoms with E-state index in [-0.39, 0.29) is 63.8 Å². The molecule has 2 aliphatic heterocycles. The molecule has 70 heavy (non-hydrogen) atoms. The van der Waals surface area contributed by atoms with Gasteiger partial charge in [0.05, 0.1) is 38.1 Å². The molecule has 14 heteroatoms. The van der Waals surface area contributed by atoms with Crippen molar-refractivity contribution < 1.29 is 52.7 Å². The van der Waals surface area contributed by atoms with E-state index in [1.165, 1.54) is 12.1 Å². The summed E-state index contributed by atoms with van der Waals surface area (Å²) in [5.41, 5.74) is 4.11. The molecule has 2 heterocycles. The van der Waals surface area contributed by atoms with Gasteiger partial charge in [0.2, 0.25) is 12.1 Å². The molecule has 0 radical (unpaired) electrons. The summed E-state index contributed by atoms with van der Waals surface area (Å²) in [6.07, 6.45) is 11.9. The maximum Gasteiger partial charge on any atom is 0.410 e. The van der Waals surface area contributed by atoms with E-state index in [0.29, 0.717) is 61.0 Å². The fraction of sp³-hybridized carbons (Fsp3) is 0.464. The van der Waals surface area contributed by atoms with Crippen molar-refractivity contribution in [2.45, 2.75) is 106 Å². The Morgan fingerprint density at radius 2 is 1.70 bits per heavy atom. The number of aliphatic hydroxyl groups is 2. The standard InChI is InChI=1S/C56H67FN2O10S/c1-3-30-66-56-51(59(37-39-18-20-42(57)21-19-39)55(62)65-33-32-63-38-40-13-5-4-6-14-40)36-49(58-69-52-17-9-12-31-64-52)47-34-41(15-7-10-28-60)46(16-8-11-29-61)53(54(47)56)48-35-44(24-27-50(48)68-56)67-43-22-25-45(70-2)26-23-43/h3-6,13-14,18-27,34-35,41,46,51-54,60-61H,1,7-12,15-17,28-33,36-38H2,2H3/t41-,46+,51-,52?,53+,54+,56+/m0/s1. The molecule has 1 unspecified atom stereocenters. The number of allylic oxidation sites excluding steroid dienone is 1. The Morgan fingerprint density at radius 3 is 2.43 bits per heavy atom. The summed E-state index contributed by atoms with van der Waals surface area (Å²) in [5.74, 6) is -0.890. The third kappa shape index (κ3) is 12.4. The molecular formula is C56H67FN2O10S. The number of oxime groups is 1. The maximum atomic E-state index is 15.0. The Morgan fingerprint density at radius 1 is 0.929 bits per heavy atom. The Hall–Kier alpha value is -5.22. The van der Waals surface area contributed by atoms with Crippen LogP contribution in [0.25, 0.3) is 0 Å². The van der Waals surface area contributed by atoms with Crippen molar-refractivity contribution in [1.29, 1.82) is 0 Å². The first-order valence-electron chi connectivity index (χ1n) is 24.8. The van der Waals surface area contributed by atoms with Gasteiger partial charge < -0.3 is 43.5 Å². The molecule has 1 amide bonds. The van der Waals surface area contributed by atoms with Gasteiger partial charge in [-0.15, -0.1) is 18.3 Å². The molecule has 0 aromatic heterocycles. The molecule has 4 aromatic rings. The van der Waals surface area contributed by atoms with Crippen LogP contribution < -0.4 is 9.47 Å². The summed E-state index contributed by atoms with van der Waals surface area (Å²) in [5, 5.41) is 25.1. The minimum Gasteiger partial charge on any atom is -0.459 e. The van der Waals surface area contributed by atoms with Crippen molar-refractivity contribution in [1.82, 2.24) is 4.90 Å². The minimum atomic E-state index is -1.55. The van der Waals surface area contributed by atoms with Gasteiger partial charge in [-0.05, 0) is 128 Å². The van der Waals surface area contributed by atoms with E-state index in [4.69, 9.17) is 38.4 Å². The normalized spacial score (nSPS) is 24.1. The Labute approximate surface area is 415 Å². The number of nitrogens with zero attached hydrogens (tertiary/aromatic N) is 2. The average Bonchev–Trinajstić information content (AvgIpc) is 3.39. The van der Waals surface area contributed by atoms with Gasteiger partial charge in [0.25, 0.3) is 0 Å². The fourth-order valence-electron chi connectivity index (χ4n) is 10.5. The number of carbonyl (C=O) groups is 1. The van der Waals surface area contributed by atoms with E-state index < -0.39 is 35.9 Å². The van der Waals surface area contributed by atoms with Crippen molar-refractivity contribution in [3.8, 4) is 17.2 Å². The lowest BCUT2D eigenvalue weighted by Gasteiger charge is -2.59. The second-order valence-electron chi connectivity index (χ2n) is 18.4. The van der Waals surface area contributed by atoms with Crippen LogP contribution in [0.4, 0.5) is 9.18 Å². The molecule has 374 valence electrons. The summed E-state index contributed by atoms with van der Waals surface area (Å²) < 4.78 is 53.8. The second kappa shape index (κ2) is 25.2. The molecule has 4 aromatic carbocycles. The Balaban J connectivity index is 1.27. The van der Waals surface area contributed by atoms with Crippen LogP contribution in [-0.2, 0) is 36.9 Å². The highest BCUT2D eigenvalue weighted by molar-refractivity contribution is 7.98. The third-order valence-corrected chi connectivity index (χ3v) is 14.5. The lowest BCUT2D eigenvalue weighted by molar-refractivity contribution is -0.256. The van der Waals surface area contributed by atoms with Gasteiger partial charge in [0, 0.05) is 49.0 Å². The van der Waals surface area contributed by atoms with Gasteiger partial charge in [-0.25, -0.2) is 9.18 Å². The molecule has 8 rings (SSSR count). The van der Waals surface area contributed by atoms with Gasteiger partial charge in [0.15, 0.2) is 0 Å². The fourth-order valence-corrected chi connectivity index (χ4v) is 10.9. The van der Waals surface area contributed by atoms with Crippen LogP contribution in [-0.4, -0.2) is 90.9 Å². The van der Waals surface area contributed by atoms with Crippen molar-refractivity contribution in [3.63, 3.8) is 0 Å². The SMILES string of the molecule is C=CCO[C@@]12Oc3ccc(Oc4ccc(SC)cc4)cc3[C@H]3[C@H](CCCCO)[C@@H](CCCCO)C=C(C(=NOC4CCCCO4)C[C@@H]1N(Cc1ccc(F)cc1)C(=O)OCCOCc1ccccc1)[C@H]32. The molecule has 1 saturated heterocycles. The van der Waals surface area contributed by atoms with E-state index in [1.54, 1.807) is 34.9 Å². The van der Waals surface area contributed by atoms with Crippen LogP contribution in [0.15, 0.2) is 131 Å². The minimum absolute atomic E-state index is 0.00804. The average molecular weight is 979 g/mol. The summed E-state index contributed by atoms with van der Waals surface area (Å²) >= 11 is 1.66. The summed E-state index contributed by atoms with van der Waals surface area (Å²) in [6, 6.07) is 28.8. The Bertz CT molecular complexity index is 2360. The van der Waals surface area contributed by atoms with Crippen molar-refractivity contribution in [3.05, 3.63) is 144 Å². The highest BCUT2D eigenvalue weighted by Crippen LogP contribution is 2.62. The van der Waals surface area contributed by atoms with E-state index in [0.717, 1.165) is 60.1 Å². The van der Waals surface area contributed by atoms with Gasteiger partial charge in [-0.1, -0.05) is 72.6 Å². The van der Waals surface area contributed by atoms with Crippen LogP contribution in [0.2, 0.25) is 0 Å². The van der Waals surface area contributed by atoms with Crippen molar-refractivity contribution in [2.75, 3.05) is 45.9 Å². The van der Waals surface area contributed by atoms with Gasteiger partial charge >= 0.3 is 6.09 Å². The van der Waals surface area contributed by atoms with Crippen molar-refractivity contribution >= 4 is 23.6 Å². The zero-order chi connectivity index (χ0) is 48.7. The molecule has 0 spiro atoms. The predicted octanol–water partition coefficient (Wildman–Crippen LogP) is 11.4. The lowest BCUT2D eigenvalue weighted by atomic mass is 9.55. The number of aliphatic hydroxyl groups excluding tert-OH is 2. The molecule has 4 aliphatic rings. The summed E-state index contributed by atoms with van der Waals surface area (Å²) in [6.45, 7) is 5.35. The number of halogens is 1. The smallest absolute Gasteiger partial charge is 0.410 e. The van der Waals surface area contributed by atoms with Crippen LogP contribution in [0.5, 0.6) is 17.2 Å². The molecule has 1 saturated carbocycles. The quantitative estimate of drug-likeness (QED) is 0.0300. The molecule has 2 fully saturated rings. The summed E-state index contributed by atoms with van der Waals surface area (Å²) in [4.78, 5) is 24.1. The zero-order valence-electron chi connectivity index (χ0n) is 40.1. The van der Waals surface area contributed by atoms with Crippen molar-refractivity contribution in [2.24, 2.45) is 22.9 Å². The number of thioether (sulfide) groups is 1. The topological polar surface area (TPSA) is 138 Å². The first-order valence-corrected chi connectivity index (χ1v) is 26.0. The Kier molecular flexibility index (Phi) is 18.4.